The topological polar surface area (TPSA) is 96.5 Å². The van der Waals surface area contributed by atoms with Gasteiger partial charge in [-0.25, -0.2) is 14.8 Å². The van der Waals surface area contributed by atoms with E-state index in [9.17, 15) is 9.59 Å². The first kappa shape index (κ1) is 18.6. The predicted molar refractivity (Wildman–Crippen MR) is 102 cm³/mol. The third kappa shape index (κ3) is 4.93. The van der Waals surface area contributed by atoms with Crippen LogP contribution in [-0.2, 0) is 4.74 Å². The minimum Gasteiger partial charge on any atom is -0.449 e. The van der Waals surface area contributed by atoms with E-state index in [1.165, 1.54) is 0 Å². The Labute approximate surface area is 158 Å². The molecule has 2 aromatic rings. The number of nitrogens with one attached hydrogen (secondary N) is 2. The molecule has 1 aliphatic rings. The van der Waals surface area contributed by atoms with E-state index in [0.717, 1.165) is 24.3 Å². The molecule has 8 heteroatoms. The molecule has 0 bridgehead atoms. The number of ether oxygens (including phenoxy) is 1. The number of aromatic nitrogens is 2. The molecule has 1 aromatic carbocycles. The average molecular weight is 369 g/mol. The van der Waals surface area contributed by atoms with Crippen molar-refractivity contribution in [2.75, 3.05) is 38.1 Å². The van der Waals surface area contributed by atoms with Crippen molar-refractivity contribution in [3.63, 3.8) is 0 Å². The van der Waals surface area contributed by atoms with E-state index in [1.807, 2.05) is 25.1 Å². The van der Waals surface area contributed by atoms with E-state index in [0.29, 0.717) is 37.6 Å². The Bertz CT molecular complexity index is 794. The van der Waals surface area contributed by atoms with Crippen molar-refractivity contribution in [1.29, 1.82) is 0 Å². The molecule has 0 radical (unpaired) electrons. The number of carbonyl (C=O) groups excluding carboxylic acids is 2. The summed E-state index contributed by atoms with van der Waals surface area (Å²) in [5.74, 6) is 1.18. The molecule has 1 fully saturated rings. The van der Waals surface area contributed by atoms with Gasteiger partial charge in [-0.1, -0.05) is 12.1 Å². The fourth-order valence-corrected chi connectivity index (χ4v) is 2.76. The third-order valence-corrected chi connectivity index (χ3v) is 4.14. The van der Waals surface area contributed by atoms with Crippen LogP contribution in [0.5, 0.6) is 0 Å². The summed E-state index contributed by atoms with van der Waals surface area (Å²) in [6.45, 7) is 4.73. The second-order valence-corrected chi connectivity index (χ2v) is 6.08. The monoisotopic (exact) mass is 369 g/mol. The fourth-order valence-electron chi connectivity index (χ4n) is 2.76. The molecule has 8 nitrogen and oxygen atoms in total. The molecule has 2 N–H and O–H groups in total. The number of nitrogens with zero attached hydrogens (tertiary/aromatic N) is 3. The van der Waals surface area contributed by atoms with Gasteiger partial charge in [-0.15, -0.1) is 0 Å². The number of carbonyl (C=O) groups is 2. The lowest BCUT2D eigenvalue weighted by molar-refractivity contribution is 0.0719. The van der Waals surface area contributed by atoms with Crippen molar-refractivity contribution in [2.45, 2.75) is 13.3 Å². The second-order valence-electron chi connectivity index (χ2n) is 6.08. The molecule has 142 valence electrons. The molecule has 0 aliphatic carbocycles. The van der Waals surface area contributed by atoms with Crippen LogP contribution >= 0.6 is 0 Å². The molecule has 27 heavy (non-hydrogen) atoms. The largest absolute Gasteiger partial charge is 0.449 e. The van der Waals surface area contributed by atoms with E-state index in [4.69, 9.17) is 4.74 Å². The van der Waals surface area contributed by atoms with E-state index < -0.39 is 0 Å². The molecule has 3 rings (SSSR count). The number of amides is 2. The van der Waals surface area contributed by atoms with Gasteiger partial charge in [-0.3, -0.25) is 4.79 Å². The van der Waals surface area contributed by atoms with Gasteiger partial charge in [0.2, 0.25) is 0 Å². The minimum absolute atomic E-state index is 0.186. The number of cyclic esters (lactones) is 1. The quantitative estimate of drug-likeness (QED) is 0.776. The van der Waals surface area contributed by atoms with E-state index in [1.54, 1.807) is 23.2 Å². The summed E-state index contributed by atoms with van der Waals surface area (Å²) in [6.07, 6.45) is 2.20. The number of hydrogen-bond donors (Lipinski definition) is 2. The highest BCUT2D eigenvalue weighted by molar-refractivity contribution is 5.94. The second kappa shape index (κ2) is 8.98. The first-order chi connectivity index (χ1) is 13.2. The van der Waals surface area contributed by atoms with Crippen LogP contribution < -0.4 is 10.6 Å². The molecule has 2 amide bonds. The normalized spacial score (nSPS) is 13.8. The standard InChI is InChI=1S/C19H23N5O3/c1-2-20-16-8-9-21-17(23-16)14-4-6-15(7-5-14)18(25)22-10-12-24-11-3-13-27-19(24)26/h4-9H,2-3,10-13H2,1H3,(H,22,25)(H,20,21,23). The molecule has 0 unspecified atom stereocenters. The SMILES string of the molecule is CCNc1ccnc(-c2ccc(C(=O)NCCN3CCCOC3=O)cc2)n1. The summed E-state index contributed by atoms with van der Waals surface area (Å²) in [5, 5.41) is 5.97. The molecule has 1 aromatic heterocycles. The smallest absolute Gasteiger partial charge is 0.409 e. The maximum Gasteiger partial charge on any atom is 0.409 e. The molecule has 1 saturated heterocycles. The van der Waals surface area contributed by atoms with E-state index in [2.05, 4.69) is 20.6 Å². The van der Waals surface area contributed by atoms with E-state index in [-0.39, 0.29) is 12.0 Å². The van der Waals surface area contributed by atoms with Crippen molar-refractivity contribution in [3.05, 3.63) is 42.1 Å². The van der Waals surface area contributed by atoms with Gasteiger partial charge < -0.3 is 20.3 Å². The van der Waals surface area contributed by atoms with E-state index >= 15 is 0 Å². The Kier molecular flexibility index (Phi) is 6.19. The zero-order chi connectivity index (χ0) is 19.1. The maximum absolute atomic E-state index is 12.3. The van der Waals surface area contributed by atoms with Crippen LogP contribution in [0.2, 0.25) is 0 Å². The van der Waals surface area contributed by atoms with Crippen LogP contribution in [0.15, 0.2) is 36.5 Å². The van der Waals surface area contributed by atoms with Crippen molar-refractivity contribution in [1.82, 2.24) is 20.2 Å². The Morgan fingerprint density at radius 2 is 2.07 bits per heavy atom. The van der Waals surface area contributed by atoms with Gasteiger partial charge in [-0.2, -0.15) is 0 Å². The molecule has 1 aliphatic heterocycles. The number of hydrogen-bond acceptors (Lipinski definition) is 6. The Balaban J connectivity index is 1.55. The van der Waals surface area contributed by atoms with Crippen molar-refractivity contribution in [3.8, 4) is 11.4 Å². The first-order valence-corrected chi connectivity index (χ1v) is 9.04. The van der Waals surface area contributed by atoms with Crippen molar-refractivity contribution >= 4 is 17.8 Å². The van der Waals surface area contributed by atoms with Crippen LogP contribution in [-0.4, -0.2) is 59.7 Å². The Hall–Kier alpha value is -3.16. The Morgan fingerprint density at radius 1 is 1.26 bits per heavy atom. The van der Waals surface area contributed by atoms with Gasteiger partial charge in [0.25, 0.3) is 5.91 Å². The van der Waals surface area contributed by atoms with Crippen LogP contribution in [0.1, 0.15) is 23.7 Å². The average Bonchev–Trinajstić information content (AvgIpc) is 2.70. The number of rotatable bonds is 7. The zero-order valence-corrected chi connectivity index (χ0v) is 15.3. The summed E-state index contributed by atoms with van der Waals surface area (Å²) in [4.78, 5) is 34.1. The summed E-state index contributed by atoms with van der Waals surface area (Å²) in [5.41, 5.74) is 1.38. The van der Waals surface area contributed by atoms with Gasteiger partial charge in [0.1, 0.15) is 5.82 Å². The molecule has 2 heterocycles. The summed E-state index contributed by atoms with van der Waals surface area (Å²) in [7, 11) is 0. The number of benzene rings is 1. The van der Waals surface area contributed by atoms with Gasteiger partial charge in [-0.05, 0) is 31.5 Å². The minimum atomic E-state index is -0.320. The van der Waals surface area contributed by atoms with Crippen LogP contribution in [0.3, 0.4) is 0 Å². The van der Waals surface area contributed by atoms with Gasteiger partial charge in [0.05, 0.1) is 6.61 Å². The molecule has 0 saturated carbocycles. The van der Waals surface area contributed by atoms with Gasteiger partial charge >= 0.3 is 6.09 Å². The zero-order valence-electron chi connectivity index (χ0n) is 15.3. The molecule has 0 spiro atoms. The first-order valence-electron chi connectivity index (χ1n) is 9.04. The van der Waals surface area contributed by atoms with Crippen LogP contribution in [0.4, 0.5) is 10.6 Å². The van der Waals surface area contributed by atoms with Crippen molar-refractivity contribution < 1.29 is 14.3 Å². The predicted octanol–water partition coefficient (Wildman–Crippen LogP) is 2.15. The Morgan fingerprint density at radius 3 is 2.81 bits per heavy atom. The lowest BCUT2D eigenvalue weighted by Crippen LogP contribution is -2.42. The third-order valence-electron chi connectivity index (χ3n) is 4.14. The molecular weight excluding hydrogens is 346 g/mol. The lowest BCUT2D eigenvalue weighted by Gasteiger charge is -2.26. The molecular formula is C19H23N5O3. The molecule has 0 atom stereocenters. The maximum atomic E-state index is 12.3. The van der Waals surface area contributed by atoms with Crippen molar-refractivity contribution in [2.24, 2.45) is 0 Å². The summed E-state index contributed by atoms with van der Waals surface area (Å²) in [6, 6.07) is 8.93. The highest BCUT2D eigenvalue weighted by atomic mass is 16.6. The lowest BCUT2D eigenvalue weighted by atomic mass is 10.1. The fraction of sp³-hybridized carbons (Fsp3) is 0.368. The highest BCUT2D eigenvalue weighted by Gasteiger charge is 2.19. The summed E-state index contributed by atoms with van der Waals surface area (Å²) >= 11 is 0. The van der Waals surface area contributed by atoms with Gasteiger partial charge in [0.15, 0.2) is 5.82 Å². The number of anilines is 1. The van der Waals surface area contributed by atoms with Crippen LogP contribution in [0, 0.1) is 0 Å². The van der Waals surface area contributed by atoms with Crippen LogP contribution in [0.25, 0.3) is 11.4 Å². The summed E-state index contributed by atoms with van der Waals surface area (Å²) < 4.78 is 4.97. The van der Waals surface area contributed by atoms with Gasteiger partial charge in [0, 0.05) is 43.5 Å². The highest BCUT2D eigenvalue weighted by Crippen LogP contribution is 2.17.